The number of rotatable bonds is 9. The highest BCUT2D eigenvalue weighted by Crippen LogP contribution is 2.28. The first-order valence-corrected chi connectivity index (χ1v) is 10.7. The van der Waals surface area contributed by atoms with E-state index < -0.39 is 16.1 Å². The average Bonchev–Trinajstić information content (AvgIpc) is 2.65. The Balaban J connectivity index is 2.13. The molecule has 0 bridgehead atoms. The van der Waals surface area contributed by atoms with Gasteiger partial charge in [0.1, 0.15) is 11.5 Å². The van der Waals surface area contributed by atoms with Crippen LogP contribution in [0.4, 0.5) is 0 Å². The number of carbonyl (C=O) groups is 1. The zero-order chi connectivity index (χ0) is 20.7. The van der Waals surface area contributed by atoms with Crippen LogP contribution in [-0.4, -0.2) is 34.8 Å². The first-order valence-electron chi connectivity index (χ1n) is 8.43. The molecular weight excluding hydrogens is 404 g/mol. The van der Waals surface area contributed by atoms with Gasteiger partial charge >= 0.3 is 0 Å². The lowest BCUT2D eigenvalue weighted by molar-refractivity contribution is -0.121. The zero-order valence-corrected chi connectivity index (χ0v) is 17.4. The van der Waals surface area contributed by atoms with Crippen molar-refractivity contribution in [2.75, 3.05) is 20.5 Å². The van der Waals surface area contributed by atoms with Crippen LogP contribution in [0.25, 0.3) is 0 Å². The van der Waals surface area contributed by atoms with Gasteiger partial charge in [0.25, 0.3) is 0 Å². The maximum Gasteiger partial charge on any atom is 0.222 e. The maximum atomic E-state index is 12.5. The highest BCUT2D eigenvalue weighted by Gasteiger charge is 2.20. The molecule has 28 heavy (non-hydrogen) atoms. The third kappa shape index (κ3) is 6.40. The van der Waals surface area contributed by atoms with Crippen molar-refractivity contribution in [3.05, 3.63) is 58.6 Å². The van der Waals surface area contributed by atoms with E-state index in [1.54, 1.807) is 42.5 Å². The summed E-state index contributed by atoms with van der Waals surface area (Å²) in [5, 5.41) is 3.31. The van der Waals surface area contributed by atoms with Crippen molar-refractivity contribution in [1.82, 2.24) is 10.0 Å². The molecule has 9 heteroatoms. The van der Waals surface area contributed by atoms with Crippen molar-refractivity contribution in [3.63, 3.8) is 0 Å². The molecule has 7 nitrogen and oxygen atoms in total. The molecule has 0 aliphatic heterocycles. The van der Waals surface area contributed by atoms with Gasteiger partial charge in [-0.1, -0.05) is 29.8 Å². The summed E-state index contributed by atoms with van der Waals surface area (Å²) in [6.07, 6.45) is 0.972. The fourth-order valence-corrected chi connectivity index (χ4v) is 3.59. The average molecular weight is 427 g/mol. The van der Waals surface area contributed by atoms with Gasteiger partial charge in [-0.15, -0.1) is 0 Å². The zero-order valence-electron chi connectivity index (χ0n) is 15.9. The van der Waals surface area contributed by atoms with Gasteiger partial charge < -0.3 is 14.8 Å². The number of hydrogen-bond donors (Lipinski definition) is 2. The Bertz CT molecular complexity index is 894. The van der Waals surface area contributed by atoms with Crippen LogP contribution in [-0.2, 0) is 21.4 Å². The Kier molecular flexibility index (Phi) is 7.68. The lowest BCUT2D eigenvalue weighted by Crippen LogP contribution is -2.33. The predicted octanol–water partition coefficient (Wildman–Crippen LogP) is 2.65. The molecule has 0 fully saturated rings. The molecule has 0 saturated heterocycles. The third-order valence-electron chi connectivity index (χ3n) is 4.01. The molecule has 2 N–H and O–H groups in total. The number of hydrogen-bond acceptors (Lipinski definition) is 5. The molecule has 1 amide bonds. The molecule has 1 unspecified atom stereocenters. The monoisotopic (exact) mass is 426 g/mol. The minimum Gasteiger partial charge on any atom is -0.496 e. The fraction of sp³-hybridized carbons (Fsp3) is 0.316. The van der Waals surface area contributed by atoms with Gasteiger partial charge in [-0.05, 0) is 29.8 Å². The van der Waals surface area contributed by atoms with Crippen LogP contribution in [0.1, 0.15) is 23.6 Å². The van der Waals surface area contributed by atoms with E-state index in [-0.39, 0.29) is 18.9 Å². The van der Waals surface area contributed by atoms with Gasteiger partial charge in [0.05, 0.1) is 38.6 Å². The summed E-state index contributed by atoms with van der Waals surface area (Å²) in [4.78, 5) is 12.5. The van der Waals surface area contributed by atoms with Crippen molar-refractivity contribution in [2.24, 2.45) is 0 Å². The number of methoxy groups -OCH3 is 2. The second-order valence-corrected chi connectivity index (χ2v) is 8.33. The summed E-state index contributed by atoms with van der Waals surface area (Å²) in [6, 6.07) is 11.3. The Hall–Kier alpha value is -2.29. The van der Waals surface area contributed by atoms with E-state index in [1.165, 1.54) is 14.2 Å². The smallest absolute Gasteiger partial charge is 0.222 e. The summed E-state index contributed by atoms with van der Waals surface area (Å²) in [6.45, 7) is 0.179. The molecule has 2 aromatic carbocycles. The highest BCUT2D eigenvalue weighted by atomic mass is 35.5. The number of nitrogens with one attached hydrogen (secondary N) is 2. The summed E-state index contributed by atoms with van der Waals surface area (Å²) in [5.41, 5.74) is 1.33. The number of benzene rings is 2. The summed E-state index contributed by atoms with van der Waals surface area (Å²) in [7, 11) is -0.450. The first kappa shape index (κ1) is 22.0. The van der Waals surface area contributed by atoms with Crippen LogP contribution >= 0.6 is 11.6 Å². The van der Waals surface area contributed by atoms with E-state index >= 15 is 0 Å². The predicted molar refractivity (Wildman–Crippen MR) is 108 cm³/mol. The molecule has 1 atom stereocenters. The molecule has 152 valence electrons. The van der Waals surface area contributed by atoms with Crippen molar-refractivity contribution in [1.29, 1.82) is 0 Å². The number of sulfonamides is 1. The molecule has 2 aromatic rings. The molecule has 0 spiro atoms. The van der Waals surface area contributed by atoms with Crippen molar-refractivity contribution in [3.8, 4) is 11.5 Å². The van der Waals surface area contributed by atoms with Crippen molar-refractivity contribution < 1.29 is 22.7 Å². The second-order valence-electron chi connectivity index (χ2n) is 6.12. The Morgan fingerprint density at radius 2 is 1.64 bits per heavy atom. The van der Waals surface area contributed by atoms with Crippen LogP contribution in [0, 0.1) is 0 Å². The van der Waals surface area contributed by atoms with Gasteiger partial charge in [0.2, 0.25) is 15.9 Å². The van der Waals surface area contributed by atoms with Gasteiger partial charge in [-0.25, -0.2) is 13.1 Å². The lowest BCUT2D eigenvalue weighted by Gasteiger charge is -2.19. The Labute approximate surface area is 170 Å². The number of halogens is 1. The third-order valence-corrected chi connectivity index (χ3v) is 4.98. The van der Waals surface area contributed by atoms with E-state index in [9.17, 15) is 13.2 Å². The normalized spacial score (nSPS) is 12.3. The minimum absolute atomic E-state index is 0.0772. The van der Waals surface area contributed by atoms with E-state index in [0.717, 1.165) is 6.26 Å². The van der Waals surface area contributed by atoms with E-state index in [0.29, 0.717) is 27.6 Å². The van der Waals surface area contributed by atoms with Gasteiger partial charge in [0, 0.05) is 11.4 Å². The van der Waals surface area contributed by atoms with Crippen LogP contribution in [0.3, 0.4) is 0 Å². The molecule has 0 radical (unpaired) electrons. The van der Waals surface area contributed by atoms with E-state index in [2.05, 4.69) is 10.0 Å². The molecule has 0 aliphatic carbocycles. The topological polar surface area (TPSA) is 93.7 Å². The van der Waals surface area contributed by atoms with Gasteiger partial charge in [-0.2, -0.15) is 0 Å². The number of ether oxygens (including phenoxy) is 2. The lowest BCUT2D eigenvalue weighted by atomic mass is 10.0. The molecule has 0 heterocycles. The number of carbonyl (C=O) groups excluding carboxylic acids is 1. The van der Waals surface area contributed by atoms with Crippen LogP contribution in [0.2, 0.25) is 5.02 Å². The molecule has 2 rings (SSSR count). The molecular formula is C19H23ClN2O5S. The SMILES string of the molecule is COc1cccc(OC)c1CNC(=O)CC(NS(C)(=O)=O)c1ccc(Cl)cc1. The second kappa shape index (κ2) is 9.77. The van der Waals surface area contributed by atoms with Crippen LogP contribution < -0.4 is 19.5 Å². The Morgan fingerprint density at radius 1 is 1.07 bits per heavy atom. The van der Waals surface area contributed by atoms with Gasteiger partial charge in [0.15, 0.2) is 0 Å². The van der Waals surface area contributed by atoms with E-state index in [4.69, 9.17) is 21.1 Å². The maximum absolute atomic E-state index is 12.5. The van der Waals surface area contributed by atoms with E-state index in [1.807, 2.05) is 0 Å². The van der Waals surface area contributed by atoms with Crippen LogP contribution in [0.15, 0.2) is 42.5 Å². The van der Waals surface area contributed by atoms with Crippen LogP contribution in [0.5, 0.6) is 11.5 Å². The quantitative estimate of drug-likeness (QED) is 0.643. The molecule has 0 aromatic heterocycles. The number of amides is 1. The first-order chi connectivity index (χ1) is 13.2. The van der Waals surface area contributed by atoms with Gasteiger partial charge in [-0.3, -0.25) is 4.79 Å². The largest absolute Gasteiger partial charge is 0.496 e. The molecule has 0 aliphatic rings. The van der Waals surface area contributed by atoms with Crippen molar-refractivity contribution >= 4 is 27.5 Å². The fourth-order valence-electron chi connectivity index (χ4n) is 2.73. The minimum atomic E-state index is -3.52. The highest BCUT2D eigenvalue weighted by molar-refractivity contribution is 7.88. The summed E-state index contributed by atoms with van der Waals surface area (Å²) in [5.74, 6) is 0.843. The molecule has 0 saturated carbocycles. The standard InChI is InChI=1S/C19H23ClN2O5S/c1-26-17-5-4-6-18(27-2)15(17)12-21-19(23)11-16(22-28(3,24)25)13-7-9-14(20)10-8-13/h4-10,16,22H,11-12H2,1-3H3,(H,21,23). The Morgan fingerprint density at radius 3 is 2.14 bits per heavy atom. The summed E-state index contributed by atoms with van der Waals surface area (Å²) >= 11 is 5.89. The van der Waals surface area contributed by atoms with Crippen molar-refractivity contribution in [2.45, 2.75) is 19.0 Å². The summed E-state index contributed by atoms with van der Waals surface area (Å²) < 4.78 is 36.5.